The predicted molar refractivity (Wildman–Crippen MR) is 68.3 cm³/mol. The molecule has 0 aliphatic carbocycles. The largest absolute Gasteiger partial charge is 0.477 e. The molecule has 0 aliphatic rings. The topological polar surface area (TPSA) is 95.3 Å². The predicted octanol–water partition coefficient (Wildman–Crippen LogP) is 0.458. The zero-order valence-corrected chi connectivity index (χ0v) is 10.2. The van der Waals surface area contributed by atoms with Crippen LogP contribution >= 0.6 is 0 Å². The Hall–Kier alpha value is -2.34. The third-order valence-electron chi connectivity index (χ3n) is 2.81. The van der Waals surface area contributed by atoms with Crippen LogP contribution in [0.1, 0.15) is 21.6 Å². The Morgan fingerprint density at radius 2 is 1.95 bits per heavy atom. The quantitative estimate of drug-likeness (QED) is 0.729. The molecule has 0 fully saturated rings. The number of nitrogens with zero attached hydrogens (tertiary/aromatic N) is 1. The third kappa shape index (κ3) is 2.74. The van der Waals surface area contributed by atoms with E-state index in [1.807, 2.05) is 30.3 Å². The molecular weight excluding hydrogens is 248 g/mol. The Labute approximate surface area is 108 Å². The van der Waals surface area contributed by atoms with Crippen LogP contribution in [-0.2, 0) is 13.0 Å². The SMILES string of the molecule is O=C(O)c1c(CCO)c(=O)[nH]n1Cc1ccccc1. The van der Waals surface area contributed by atoms with Gasteiger partial charge in [-0.25, -0.2) is 4.79 Å². The Balaban J connectivity index is 2.43. The molecule has 0 aliphatic heterocycles. The normalized spacial score (nSPS) is 10.6. The molecule has 6 nitrogen and oxygen atoms in total. The number of carboxylic acid groups (broad SMARTS) is 1. The van der Waals surface area contributed by atoms with E-state index in [0.29, 0.717) is 0 Å². The molecule has 2 aromatic rings. The van der Waals surface area contributed by atoms with Gasteiger partial charge in [0.2, 0.25) is 0 Å². The molecule has 100 valence electrons. The fourth-order valence-electron chi connectivity index (χ4n) is 1.99. The molecule has 0 bridgehead atoms. The first-order chi connectivity index (χ1) is 9.13. The highest BCUT2D eigenvalue weighted by molar-refractivity contribution is 5.87. The van der Waals surface area contributed by atoms with Crippen molar-refractivity contribution in [3.05, 3.63) is 57.5 Å². The van der Waals surface area contributed by atoms with E-state index in [1.54, 1.807) is 0 Å². The number of aliphatic hydroxyl groups excluding tert-OH is 1. The molecule has 0 radical (unpaired) electrons. The molecule has 6 heteroatoms. The molecule has 0 spiro atoms. The standard InChI is InChI=1S/C13H14N2O4/c16-7-6-10-11(13(18)19)15(14-12(10)17)8-9-4-2-1-3-5-9/h1-5,16H,6-8H2,(H,14,17)(H,18,19). The maximum absolute atomic E-state index is 11.7. The van der Waals surface area contributed by atoms with E-state index in [9.17, 15) is 14.7 Å². The Morgan fingerprint density at radius 1 is 1.26 bits per heavy atom. The highest BCUT2D eigenvalue weighted by Gasteiger charge is 2.20. The van der Waals surface area contributed by atoms with Crippen molar-refractivity contribution in [1.29, 1.82) is 0 Å². The van der Waals surface area contributed by atoms with Crippen molar-refractivity contribution in [1.82, 2.24) is 9.78 Å². The minimum absolute atomic E-state index is 0.0265. The first kappa shape index (κ1) is 13.1. The number of aromatic nitrogens is 2. The van der Waals surface area contributed by atoms with Gasteiger partial charge in [-0.1, -0.05) is 30.3 Å². The number of carbonyl (C=O) groups is 1. The lowest BCUT2D eigenvalue weighted by atomic mass is 10.1. The molecule has 1 aromatic carbocycles. The first-order valence-corrected chi connectivity index (χ1v) is 5.83. The van der Waals surface area contributed by atoms with Crippen LogP contribution in [0.4, 0.5) is 0 Å². The average molecular weight is 262 g/mol. The van der Waals surface area contributed by atoms with E-state index in [2.05, 4.69) is 5.10 Å². The maximum Gasteiger partial charge on any atom is 0.354 e. The van der Waals surface area contributed by atoms with E-state index in [-0.39, 0.29) is 30.8 Å². The van der Waals surface area contributed by atoms with Gasteiger partial charge in [-0.3, -0.25) is 14.6 Å². The summed E-state index contributed by atoms with van der Waals surface area (Å²) in [7, 11) is 0. The van der Waals surface area contributed by atoms with Crippen LogP contribution in [0.15, 0.2) is 35.1 Å². The number of H-pyrrole nitrogens is 1. The molecular formula is C13H14N2O4. The van der Waals surface area contributed by atoms with Gasteiger partial charge in [0.25, 0.3) is 5.56 Å². The summed E-state index contributed by atoms with van der Waals surface area (Å²) in [4.78, 5) is 23.0. The third-order valence-corrected chi connectivity index (χ3v) is 2.81. The van der Waals surface area contributed by atoms with Gasteiger partial charge in [0.1, 0.15) is 0 Å². The molecule has 0 saturated carbocycles. The van der Waals surface area contributed by atoms with Gasteiger partial charge in [0.15, 0.2) is 5.69 Å². The van der Waals surface area contributed by atoms with Crippen molar-refractivity contribution in [2.24, 2.45) is 0 Å². The summed E-state index contributed by atoms with van der Waals surface area (Å²) in [6, 6.07) is 9.22. The molecule has 2 rings (SSSR count). The summed E-state index contributed by atoms with van der Waals surface area (Å²) >= 11 is 0. The fourth-order valence-corrected chi connectivity index (χ4v) is 1.99. The van der Waals surface area contributed by atoms with Crippen LogP contribution in [0.3, 0.4) is 0 Å². The van der Waals surface area contributed by atoms with Gasteiger partial charge in [-0.05, 0) is 5.56 Å². The number of hydrogen-bond acceptors (Lipinski definition) is 3. The lowest BCUT2D eigenvalue weighted by Gasteiger charge is -2.06. The highest BCUT2D eigenvalue weighted by Crippen LogP contribution is 2.09. The van der Waals surface area contributed by atoms with Gasteiger partial charge in [0.05, 0.1) is 12.1 Å². The molecule has 3 N–H and O–H groups in total. The Kier molecular flexibility index (Phi) is 3.82. The number of nitrogens with one attached hydrogen (secondary N) is 1. The van der Waals surface area contributed by atoms with Gasteiger partial charge in [-0.2, -0.15) is 0 Å². The lowest BCUT2D eigenvalue weighted by molar-refractivity contribution is 0.0682. The Bertz CT molecular complexity index is 628. The monoisotopic (exact) mass is 262 g/mol. The number of aromatic carboxylic acids is 1. The van der Waals surface area contributed by atoms with Crippen LogP contribution in [0.5, 0.6) is 0 Å². The van der Waals surface area contributed by atoms with Gasteiger partial charge in [0, 0.05) is 13.0 Å². The second-order valence-electron chi connectivity index (χ2n) is 4.12. The molecule has 1 heterocycles. The maximum atomic E-state index is 11.7. The number of rotatable bonds is 5. The molecule has 0 amide bonds. The van der Waals surface area contributed by atoms with E-state index in [4.69, 9.17) is 5.11 Å². The van der Waals surface area contributed by atoms with Crippen molar-refractivity contribution < 1.29 is 15.0 Å². The highest BCUT2D eigenvalue weighted by atomic mass is 16.4. The molecule has 0 atom stereocenters. The zero-order valence-electron chi connectivity index (χ0n) is 10.2. The second-order valence-corrected chi connectivity index (χ2v) is 4.12. The number of aliphatic hydroxyl groups is 1. The summed E-state index contributed by atoms with van der Waals surface area (Å²) in [5.41, 5.74) is 0.419. The van der Waals surface area contributed by atoms with Crippen molar-refractivity contribution in [2.45, 2.75) is 13.0 Å². The number of hydrogen-bond donors (Lipinski definition) is 3. The molecule has 1 aromatic heterocycles. The summed E-state index contributed by atoms with van der Waals surface area (Å²) in [5, 5.41) is 20.6. The minimum atomic E-state index is -1.18. The smallest absolute Gasteiger partial charge is 0.354 e. The fraction of sp³-hybridized carbons (Fsp3) is 0.231. The van der Waals surface area contributed by atoms with E-state index >= 15 is 0 Å². The van der Waals surface area contributed by atoms with E-state index in [1.165, 1.54) is 4.68 Å². The van der Waals surface area contributed by atoms with Crippen LogP contribution in [0.25, 0.3) is 0 Å². The van der Waals surface area contributed by atoms with Gasteiger partial charge in [-0.15, -0.1) is 0 Å². The number of carboxylic acids is 1. The van der Waals surface area contributed by atoms with Crippen LogP contribution in [0, 0.1) is 0 Å². The van der Waals surface area contributed by atoms with Crippen LogP contribution in [-0.4, -0.2) is 32.6 Å². The molecule has 0 saturated heterocycles. The first-order valence-electron chi connectivity index (χ1n) is 5.83. The van der Waals surface area contributed by atoms with Gasteiger partial charge < -0.3 is 10.2 Å². The Morgan fingerprint density at radius 3 is 2.53 bits per heavy atom. The van der Waals surface area contributed by atoms with E-state index < -0.39 is 11.5 Å². The summed E-state index contributed by atoms with van der Waals surface area (Å²) in [5.74, 6) is -1.18. The summed E-state index contributed by atoms with van der Waals surface area (Å²) in [6.45, 7) is 0.00184. The minimum Gasteiger partial charge on any atom is -0.477 e. The van der Waals surface area contributed by atoms with Crippen LogP contribution in [0.2, 0.25) is 0 Å². The number of aromatic amines is 1. The van der Waals surface area contributed by atoms with Crippen molar-refractivity contribution in [3.63, 3.8) is 0 Å². The average Bonchev–Trinajstić information content (AvgIpc) is 2.68. The van der Waals surface area contributed by atoms with Gasteiger partial charge >= 0.3 is 5.97 Å². The van der Waals surface area contributed by atoms with Crippen molar-refractivity contribution in [2.75, 3.05) is 6.61 Å². The van der Waals surface area contributed by atoms with E-state index in [0.717, 1.165) is 5.56 Å². The van der Waals surface area contributed by atoms with Crippen molar-refractivity contribution in [3.8, 4) is 0 Å². The molecule has 19 heavy (non-hydrogen) atoms. The molecule has 0 unspecified atom stereocenters. The lowest BCUT2D eigenvalue weighted by Crippen LogP contribution is -2.13. The summed E-state index contributed by atoms with van der Waals surface area (Å²) < 4.78 is 1.30. The zero-order chi connectivity index (χ0) is 13.8. The number of benzene rings is 1. The second kappa shape index (κ2) is 5.53. The summed E-state index contributed by atoms with van der Waals surface area (Å²) in [6.07, 6.45) is 0.0265. The van der Waals surface area contributed by atoms with Crippen LogP contribution < -0.4 is 5.56 Å². The van der Waals surface area contributed by atoms with Crippen molar-refractivity contribution >= 4 is 5.97 Å².